The predicted octanol–water partition coefficient (Wildman–Crippen LogP) is 1.81. The monoisotopic (exact) mass is 463 g/mol. The van der Waals surface area contributed by atoms with Crippen molar-refractivity contribution in [3.63, 3.8) is 0 Å². The summed E-state index contributed by atoms with van der Waals surface area (Å²) in [6.45, 7) is 3.31. The number of primary sulfonamides is 1. The number of benzene rings is 2. The van der Waals surface area contributed by atoms with Gasteiger partial charge in [0.15, 0.2) is 0 Å². The summed E-state index contributed by atoms with van der Waals surface area (Å²) >= 11 is 6.12. The molecule has 3 aromatic rings. The van der Waals surface area contributed by atoms with Crippen molar-refractivity contribution in [3.8, 4) is 0 Å². The summed E-state index contributed by atoms with van der Waals surface area (Å²) in [5, 5.41) is 13.6. The molecule has 1 aliphatic heterocycles. The molecule has 1 aromatic heterocycles. The van der Waals surface area contributed by atoms with Crippen molar-refractivity contribution in [2.75, 3.05) is 31.6 Å². The van der Waals surface area contributed by atoms with Crippen LogP contribution in [0.4, 0.5) is 5.69 Å². The second-order valence-corrected chi connectivity index (χ2v) is 9.25. The Balaban J connectivity index is 1.61. The lowest BCUT2D eigenvalue weighted by Crippen LogP contribution is -2.37. The van der Waals surface area contributed by atoms with Crippen LogP contribution in [-0.4, -0.2) is 55.3 Å². The van der Waals surface area contributed by atoms with Gasteiger partial charge in [0.2, 0.25) is 15.9 Å². The van der Waals surface area contributed by atoms with Gasteiger partial charge in [-0.15, -0.1) is 0 Å². The first-order valence-corrected chi connectivity index (χ1v) is 11.6. The molecule has 2 aromatic carbocycles. The van der Waals surface area contributed by atoms with Crippen molar-refractivity contribution >= 4 is 44.1 Å². The highest BCUT2D eigenvalue weighted by Crippen LogP contribution is 2.26. The van der Waals surface area contributed by atoms with Crippen LogP contribution in [0.25, 0.3) is 10.9 Å². The molecule has 0 spiro atoms. The number of nitrogens with zero attached hydrogens (tertiary/aromatic N) is 3. The molecule has 1 amide bonds. The molecule has 0 aliphatic carbocycles. The zero-order valence-corrected chi connectivity index (χ0v) is 18.2. The molecule has 164 valence electrons. The number of nitrogens with one attached hydrogen (secondary N) is 1. The molecular weight excluding hydrogens is 442 g/mol. The molecule has 0 radical (unpaired) electrons. The molecule has 0 saturated carbocycles. The van der Waals surface area contributed by atoms with E-state index in [0.29, 0.717) is 41.5 Å². The van der Waals surface area contributed by atoms with Gasteiger partial charge in [-0.05, 0) is 23.8 Å². The molecule has 1 fully saturated rings. The number of halogens is 1. The van der Waals surface area contributed by atoms with E-state index < -0.39 is 10.0 Å². The van der Waals surface area contributed by atoms with Crippen molar-refractivity contribution in [3.05, 3.63) is 53.2 Å². The summed E-state index contributed by atoms with van der Waals surface area (Å²) in [5.41, 5.74) is 1.26. The summed E-state index contributed by atoms with van der Waals surface area (Å²) in [5.74, 6) is -0.325. The highest BCUT2D eigenvalue weighted by atomic mass is 35.5. The van der Waals surface area contributed by atoms with Gasteiger partial charge in [0.1, 0.15) is 10.4 Å². The smallest absolute Gasteiger partial charge is 0.240 e. The van der Waals surface area contributed by atoms with Crippen LogP contribution in [0.1, 0.15) is 5.56 Å². The van der Waals surface area contributed by atoms with E-state index in [-0.39, 0.29) is 22.7 Å². The lowest BCUT2D eigenvalue weighted by atomic mass is 10.1. The maximum Gasteiger partial charge on any atom is 0.240 e. The number of hydrogen-bond acceptors (Lipinski definition) is 6. The highest BCUT2D eigenvalue weighted by Gasteiger charge is 2.20. The fraction of sp³-hybridized carbons (Fsp3) is 0.300. The first-order chi connectivity index (χ1) is 14.8. The van der Waals surface area contributed by atoms with E-state index in [2.05, 4.69) is 15.3 Å². The quantitative estimate of drug-likeness (QED) is 0.575. The standard InChI is InChI=1S/C20H22ClN5O4S/c21-17-4-2-1-3-14(17)10-19(27)23-16-9-15-12-26(13-25-5-7-30-8-6-25)24-20(15)18(11-16)31(22,28)29/h1-4,9,11-12H,5-8,10,13H2,(H,23,27)(H2,22,28,29). The van der Waals surface area contributed by atoms with E-state index in [1.807, 2.05) is 0 Å². The van der Waals surface area contributed by atoms with Gasteiger partial charge in [-0.3, -0.25) is 14.4 Å². The third kappa shape index (κ3) is 5.23. The van der Waals surface area contributed by atoms with Crippen LogP contribution in [0, 0.1) is 0 Å². The van der Waals surface area contributed by atoms with Crippen LogP contribution >= 0.6 is 11.6 Å². The van der Waals surface area contributed by atoms with Gasteiger partial charge in [-0.1, -0.05) is 29.8 Å². The molecule has 9 nitrogen and oxygen atoms in total. The Labute approximate surface area is 184 Å². The summed E-state index contributed by atoms with van der Waals surface area (Å²) < 4.78 is 31.4. The number of fused-ring (bicyclic) bond motifs is 1. The van der Waals surface area contributed by atoms with Crippen LogP contribution in [0.2, 0.25) is 5.02 Å². The Morgan fingerprint density at radius 2 is 1.97 bits per heavy atom. The summed E-state index contributed by atoms with van der Waals surface area (Å²) in [7, 11) is -4.05. The van der Waals surface area contributed by atoms with E-state index in [4.69, 9.17) is 21.5 Å². The molecule has 2 heterocycles. The van der Waals surface area contributed by atoms with Crippen molar-refractivity contribution in [1.82, 2.24) is 14.7 Å². The Bertz CT molecular complexity index is 1220. The van der Waals surface area contributed by atoms with Crippen LogP contribution in [0.15, 0.2) is 47.5 Å². The van der Waals surface area contributed by atoms with Crippen LogP contribution in [0.5, 0.6) is 0 Å². The number of anilines is 1. The minimum atomic E-state index is -4.05. The van der Waals surface area contributed by atoms with E-state index in [1.54, 1.807) is 41.2 Å². The third-order valence-electron chi connectivity index (χ3n) is 4.97. The second-order valence-electron chi connectivity index (χ2n) is 7.31. The molecule has 1 aliphatic rings. The molecule has 31 heavy (non-hydrogen) atoms. The number of carbonyl (C=O) groups excluding carboxylic acids is 1. The van der Waals surface area contributed by atoms with Crippen molar-refractivity contribution in [1.29, 1.82) is 0 Å². The van der Waals surface area contributed by atoms with Gasteiger partial charge in [0.05, 0.1) is 26.3 Å². The fourth-order valence-corrected chi connectivity index (χ4v) is 4.40. The number of rotatable bonds is 6. The highest BCUT2D eigenvalue weighted by molar-refractivity contribution is 7.89. The molecule has 3 N–H and O–H groups in total. The Kier molecular flexibility index (Phi) is 6.26. The van der Waals surface area contributed by atoms with Gasteiger partial charge >= 0.3 is 0 Å². The van der Waals surface area contributed by atoms with Crippen LogP contribution < -0.4 is 10.5 Å². The van der Waals surface area contributed by atoms with Crippen molar-refractivity contribution < 1.29 is 17.9 Å². The normalized spacial score (nSPS) is 15.3. The van der Waals surface area contributed by atoms with E-state index >= 15 is 0 Å². The summed E-state index contributed by atoms with van der Waals surface area (Å²) in [4.78, 5) is 14.5. The largest absolute Gasteiger partial charge is 0.379 e. The van der Waals surface area contributed by atoms with Gasteiger partial charge in [-0.25, -0.2) is 13.6 Å². The molecule has 4 rings (SSSR count). The lowest BCUT2D eigenvalue weighted by molar-refractivity contribution is -0.115. The number of morpholine rings is 1. The molecule has 11 heteroatoms. The maximum atomic E-state index is 12.5. The fourth-order valence-electron chi connectivity index (χ4n) is 3.48. The summed E-state index contributed by atoms with van der Waals surface area (Å²) in [6.07, 6.45) is 1.79. The lowest BCUT2D eigenvalue weighted by Gasteiger charge is -2.26. The van der Waals surface area contributed by atoms with Crippen molar-refractivity contribution in [2.45, 2.75) is 18.0 Å². The average molecular weight is 464 g/mol. The number of aromatic nitrogens is 2. The molecule has 1 saturated heterocycles. The first-order valence-electron chi connectivity index (χ1n) is 9.67. The zero-order valence-electron chi connectivity index (χ0n) is 16.6. The third-order valence-corrected chi connectivity index (χ3v) is 6.26. The van der Waals surface area contributed by atoms with Crippen LogP contribution in [0.3, 0.4) is 0 Å². The Hall–Kier alpha value is -2.50. The summed E-state index contributed by atoms with van der Waals surface area (Å²) in [6, 6.07) is 10.0. The van der Waals surface area contributed by atoms with E-state index in [0.717, 1.165) is 13.1 Å². The number of sulfonamides is 1. The maximum absolute atomic E-state index is 12.5. The number of amides is 1. The van der Waals surface area contributed by atoms with E-state index in [1.165, 1.54) is 6.07 Å². The Morgan fingerprint density at radius 3 is 2.68 bits per heavy atom. The number of ether oxygens (including phenoxy) is 1. The SMILES string of the molecule is NS(=O)(=O)c1cc(NC(=O)Cc2ccccc2Cl)cc2cn(CN3CCOCC3)nc12. The molecule has 0 unspecified atom stereocenters. The topological polar surface area (TPSA) is 120 Å². The first kappa shape index (κ1) is 21.7. The number of nitrogens with two attached hydrogens (primary N) is 1. The van der Waals surface area contributed by atoms with Gasteiger partial charge in [0.25, 0.3) is 0 Å². The van der Waals surface area contributed by atoms with E-state index in [9.17, 15) is 13.2 Å². The molecule has 0 bridgehead atoms. The predicted molar refractivity (Wildman–Crippen MR) is 117 cm³/mol. The second kappa shape index (κ2) is 8.93. The molecular formula is C20H22ClN5O4S. The minimum absolute atomic E-state index is 0.0543. The van der Waals surface area contributed by atoms with Gasteiger partial charge < -0.3 is 10.1 Å². The average Bonchev–Trinajstić information content (AvgIpc) is 3.11. The van der Waals surface area contributed by atoms with Gasteiger partial charge in [0, 0.05) is 35.4 Å². The zero-order chi connectivity index (χ0) is 22.0. The van der Waals surface area contributed by atoms with Crippen molar-refractivity contribution in [2.24, 2.45) is 5.14 Å². The minimum Gasteiger partial charge on any atom is -0.379 e. The van der Waals surface area contributed by atoms with Crippen LogP contribution in [-0.2, 0) is 32.6 Å². The number of carbonyl (C=O) groups is 1. The van der Waals surface area contributed by atoms with Gasteiger partial charge in [-0.2, -0.15) is 5.10 Å². The molecule has 0 atom stereocenters. The Morgan fingerprint density at radius 1 is 1.23 bits per heavy atom. The number of hydrogen-bond donors (Lipinski definition) is 2.